The third-order valence-electron chi connectivity index (χ3n) is 1.83. The largest absolute Gasteiger partial charge is 0.388 e. The zero-order valence-corrected chi connectivity index (χ0v) is 8.92. The van der Waals surface area contributed by atoms with E-state index in [1.807, 2.05) is 0 Å². The Labute approximate surface area is 92.5 Å². The van der Waals surface area contributed by atoms with E-state index in [2.05, 4.69) is 0 Å². The highest BCUT2D eigenvalue weighted by atomic mass is 35.5. The number of aliphatic hydroxyl groups is 1. The van der Waals surface area contributed by atoms with Crippen LogP contribution >= 0.6 is 23.2 Å². The van der Waals surface area contributed by atoms with Crippen LogP contribution in [-0.4, -0.2) is 16.8 Å². The molecule has 1 rings (SSSR count). The molecule has 0 aliphatic rings. The van der Waals surface area contributed by atoms with E-state index in [0.717, 1.165) is 0 Å². The fourth-order valence-electron chi connectivity index (χ4n) is 1.13. The van der Waals surface area contributed by atoms with Gasteiger partial charge in [-0.15, -0.1) is 11.6 Å². The molecule has 0 heterocycles. The van der Waals surface area contributed by atoms with E-state index in [4.69, 9.17) is 23.2 Å². The average molecular weight is 233 g/mol. The molecule has 1 unspecified atom stereocenters. The van der Waals surface area contributed by atoms with Gasteiger partial charge in [0.05, 0.1) is 12.0 Å². The fourth-order valence-corrected chi connectivity index (χ4v) is 1.50. The molecule has 0 amide bonds. The molecule has 4 heteroatoms. The standard InChI is InChI=1S/C10H10Cl2O2/c11-6-7(13)5-10(14)8-3-1-2-4-9(8)12/h1-4,10,14H,5-6H2. The summed E-state index contributed by atoms with van der Waals surface area (Å²) < 4.78 is 0. The van der Waals surface area contributed by atoms with Crippen molar-refractivity contribution >= 4 is 29.0 Å². The molecule has 0 aliphatic carbocycles. The number of aliphatic hydroxyl groups excluding tert-OH is 1. The normalized spacial score (nSPS) is 12.5. The maximum Gasteiger partial charge on any atom is 0.150 e. The minimum absolute atomic E-state index is 0.00718. The van der Waals surface area contributed by atoms with Crippen LogP contribution in [0.3, 0.4) is 0 Å². The third-order valence-corrected chi connectivity index (χ3v) is 2.48. The molecule has 1 N–H and O–H groups in total. The first kappa shape index (κ1) is 11.5. The van der Waals surface area contributed by atoms with Crippen molar-refractivity contribution in [2.24, 2.45) is 0 Å². The quantitative estimate of drug-likeness (QED) is 0.811. The summed E-state index contributed by atoms with van der Waals surface area (Å²) in [4.78, 5) is 11.0. The van der Waals surface area contributed by atoms with E-state index in [1.54, 1.807) is 24.3 Å². The minimum atomic E-state index is -0.866. The summed E-state index contributed by atoms with van der Waals surface area (Å²) in [5.74, 6) is -0.277. The summed E-state index contributed by atoms with van der Waals surface area (Å²) in [5, 5.41) is 10.1. The summed E-state index contributed by atoms with van der Waals surface area (Å²) >= 11 is 11.2. The molecule has 0 saturated heterocycles. The van der Waals surface area contributed by atoms with Crippen molar-refractivity contribution in [1.29, 1.82) is 0 Å². The van der Waals surface area contributed by atoms with Gasteiger partial charge < -0.3 is 5.11 Å². The Bertz CT molecular complexity index is 326. The third kappa shape index (κ3) is 2.98. The Morgan fingerprint density at radius 3 is 2.64 bits per heavy atom. The Morgan fingerprint density at radius 2 is 2.07 bits per heavy atom. The van der Waals surface area contributed by atoms with Crippen LogP contribution in [0.4, 0.5) is 0 Å². The molecule has 1 aromatic rings. The van der Waals surface area contributed by atoms with Gasteiger partial charge in [-0.05, 0) is 11.6 Å². The summed E-state index contributed by atoms with van der Waals surface area (Å²) in [6.45, 7) is 0. The molecule has 1 atom stereocenters. The average Bonchev–Trinajstić information content (AvgIpc) is 2.18. The zero-order valence-electron chi connectivity index (χ0n) is 7.41. The number of hydrogen-bond acceptors (Lipinski definition) is 2. The predicted molar refractivity (Wildman–Crippen MR) is 56.8 cm³/mol. The van der Waals surface area contributed by atoms with Crippen LogP contribution in [-0.2, 0) is 4.79 Å². The number of alkyl halides is 1. The summed E-state index contributed by atoms with van der Waals surface area (Å²) in [5.41, 5.74) is 0.563. The van der Waals surface area contributed by atoms with Crippen molar-refractivity contribution in [1.82, 2.24) is 0 Å². The number of carbonyl (C=O) groups is 1. The van der Waals surface area contributed by atoms with Crippen LogP contribution in [0.2, 0.25) is 5.02 Å². The second-order valence-electron chi connectivity index (χ2n) is 2.91. The molecule has 0 saturated carbocycles. The topological polar surface area (TPSA) is 37.3 Å². The predicted octanol–water partition coefficient (Wildman–Crippen LogP) is 2.57. The molecular weight excluding hydrogens is 223 g/mol. The van der Waals surface area contributed by atoms with Gasteiger partial charge in [0.1, 0.15) is 0 Å². The number of halogens is 2. The van der Waals surface area contributed by atoms with Gasteiger partial charge in [-0.3, -0.25) is 4.79 Å². The molecule has 0 radical (unpaired) electrons. The number of hydrogen-bond donors (Lipinski definition) is 1. The van der Waals surface area contributed by atoms with Gasteiger partial charge in [-0.2, -0.15) is 0 Å². The second kappa shape index (κ2) is 5.35. The fraction of sp³-hybridized carbons (Fsp3) is 0.300. The molecule has 14 heavy (non-hydrogen) atoms. The number of ketones is 1. The van der Waals surface area contributed by atoms with Crippen molar-refractivity contribution in [3.8, 4) is 0 Å². The first-order valence-corrected chi connectivity index (χ1v) is 5.06. The van der Waals surface area contributed by atoms with Crippen LogP contribution < -0.4 is 0 Å². The first-order chi connectivity index (χ1) is 6.65. The van der Waals surface area contributed by atoms with Gasteiger partial charge in [0.15, 0.2) is 5.78 Å². The highest BCUT2D eigenvalue weighted by Crippen LogP contribution is 2.24. The number of benzene rings is 1. The van der Waals surface area contributed by atoms with Crippen molar-refractivity contribution < 1.29 is 9.90 Å². The summed E-state index contributed by atoms with van der Waals surface area (Å²) in [7, 11) is 0. The number of rotatable bonds is 4. The monoisotopic (exact) mass is 232 g/mol. The lowest BCUT2D eigenvalue weighted by Gasteiger charge is -2.10. The van der Waals surface area contributed by atoms with Gasteiger partial charge in [0, 0.05) is 11.4 Å². The number of Topliss-reactive ketones (excluding diaryl/α,β-unsaturated/α-hetero) is 1. The van der Waals surface area contributed by atoms with Gasteiger partial charge >= 0.3 is 0 Å². The van der Waals surface area contributed by atoms with Gasteiger partial charge in [-0.25, -0.2) is 0 Å². The highest BCUT2D eigenvalue weighted by Gasteiger charge is 2.14. The molecule has 76 valence electrons. The maximum absolute atomic E-state index is 11.0. The molecular formula is C10H10Cl2O2. The maximum atomic E-state index is 11.0. The van der Waals surface area contributed by atoms with Crippen LogP contribution in [0.5, 0.6) is 0 Å². The zero-order chi connectivity index (χ0) is 10.6. The lowest BCUT2D eigenvalue weighted by molar-refractivity contribution is -0.118. The Morgan fingerprint density at radius 1 is 1.43 bits per heavy atom. The second-order valence-corrected chi connectivity index (χ2v) is 3.59. The van der Waals surface area contributed by atoms with Crippen LogP contribution in [0.1, 0.15) is 18.1 Å². The van der Waals surface area contributed by atoms with Crippen molar-refractivity contribution in [2.75, 3.05) is 5.88 Å². The molecule has 2 nitrogen and oxygen atoms in total. The van der Waals surface area contributed by atoms with Crippen LogP contribution in [0.15, 0.2) is 24.3 Å². The summed E-state index contributed by atoms with van der Waals surface area (Å²) in [6, 6.07) is 6.89. The minimum Gasteiger partial charge on any atom is -0.388 e. The highest BCUT2D eigenvalue weighted by molar-refractivity contribution is 6.31. The summed E-state index contributed by atoms with van der Waals surface area (Å²) in [6.07, 6.45) is -0.859. The molecule has 0 aromatic heterocycles. The lowest BCUT2D eigenvalue weighted by atomic mass is 10.1. The van der Waals surface area contributed by atoms with E-state index in [-0.39, 0.29) is 18.1 Å². The molecule has 0 spiro atoms. The Hall–Kier alpha value is -0.570. The Balaban J connectivity index is 2.74. The number of carbonyl (C=O) groups excluding carboxylic acids is 1. The van der Waals surface area contributed by atoms with Crippen molar-refractivity contribution in [3.05, 3.63) is 34.9 Å². The van der Waals surface area contributed by atoms with Crippen LogP contribution in [0, 0.1) is 0 Å². The van der Waals surface area contributed by atoms with Gasteiger partial charge in [0.2, 0.25) is 0 Å². The molecule has 0 fully saturated rings. The van der Waals surface area contributed by atoms with E-state index >= 15 is 0 Å². The van der Waals surface area contributed by atoms with Gasteiger partial charge in [-0.1, -0.05) is 29.8 Å². The van der Waals surface area contributed by atoms with Crippen LogP contribution in [0.25, 0.3) is 0 Å². The van der Waals surface area contributed by atoms with Crippen molar-refractivity contribution in [3.63, 3.8) is 0 Å². The lowest BCUT2D eigenvalue weighted by Crippen LogP contribution is -2.07. The van der Waals surface area contributed by atoms with E-state index in [9.17, 15) is 9.90 Å². The molecule has 0 aliphatic heterocycles. The first-order valence-electron chi connectivity index (χ1n) is 4.15. The van der Waals surface area contributed by atoms with E-state index in [1.165, 1.54) is 0 Å². The van der Waals surface area contributed by atoms with Crippen molar-refractivity contribution in [2.45, 2.75) is 12.5 Å². The molecule has 0 bridgehead atoms. The Kier molecular flexibility index (Phi) is 4.39. The SMILES string of the molecule is O=C(CCl)CC(O)c1ccccc1Cl. The molecule has 1 aromatic carbocycles. The van der Waals surface area contributed by atoms with Gasteiger partial charge in [0.25, 0.3) is 0 Å². The van der Waals surface area contributed by atoms with E-state index in [0.29, 0.717) is 10.6 Å². The van der Waals surface area contributed by atoms with E-state index < -0.39 is 6.10 Å². The smallest absolute Gasteiger partial charge is 0.150 e.